The summed E-state index contributed by atoms with van der Waals surface area (Å²) in [6.45, 7) is 2.04. The zero-order valence-corrected chi connectivity index (χ0v) is 17.5. The number of ketones is 1. The maximum Gasteiger partial charge on any atom is 0.224 e. The Balaban J connectivity index is 1.65. The van der Waals surface area contributed by atoms with Crippen molar-refractivity contribution in [3.8, 4) is 0 Å². The van der Waals surface area contributed by atoms with E-state index in [2.05, 4.69) is 5.32 Å². The third kappa shape index (κ3) is 8.38. The van der Waals surface area contributed by atoms with Crippen molar-refractivity contribution in [3.05, 3.63) is 36.5 Å². The Morgan fingerprint density at radius 1 is 1.24 bits per heavy atom. The first-order valence-electron chi connectivity index (χ1n) is 10.8. The predicted molar refractivity (Wildman–Crippen MR) is 117 cm³/mol. The highest BCUT2D eigenvalue weighted by Gasteiger charge is 2.20. The Bertz CT molecular complexity index is 666. The number of nitrogens with one attached hydrogen (secondary N) is 1. The molecule has 1 aliphatic rings. The zero-order chi connectivity index (χ0) is 21.1. The summed E-state index contributed by atoms with van der Waals surface area (Å²) in [5, 5.41) is 14.4. The summed E-state index contributed by atoms with van der Waals surface area (Å²) in [4.78, 5) is 24.1. The van der Waals surface area contributed by atoms with Gasteiger partial charge < -0.3 is 10.4 Å². The molecule has 1 aliphatic carbocycles. The fourth-order valence-electron chi connectivity index (χ4n) is 3.67. The molecule has 1 aromatic carbocycles. The third-order valence-electron chi connectivity index (χ3n) is 5.48. The Morgan fingerprint density at radius 3 is 2.59 bits per heavy atom. The molecule has 0 saturated heterocycles. The van der Waals surface area contributed by atoms with Gasteiger partial charge in [-0.05, 0) is 55.9 Å². The molecule has 1 saturated carbocycles. The molecule has 0 aromatic heterocycles. The average molecular weight is 402 g/mol. The molecule has 6 nitrogen and oxygen atoms in total. The minimum Gasteiger partial charge on any atom is -0.385 e. The number of hydrazine groups is 1. The van der Waals surface area contributed by atoms with E-state index in [-0.39, 0.29) is 18.1 Å². The second-order valence-electron chi connectivity index (χ2n) is 7.86. The number of nitrogens with zero attached hydrogens (tertiary/aromatic N) is 1. The van der Waals surface area contributed by atoms with Gasteiger partial charge in [0.25, 0.3) is 0 Å². The van der Waals surface area contributed by atoms with Gasteiger partial charge in [0.1, 0.15) is 6.10 Å². The molecule has 29 heavy (non-hydrogen) atoms. The smallest absolute Gasteiger partial charge is 0.224 e. The number of hydrogen-bond donors (Lipinski definition) is 3. The molecule has 0 heterocycles. The molecule has 2 rings (SSSR count). The molecule has 6 heteroatoms. The van der Waals surface area contributed by atoms with Crippen molar-refractivity contribution in [1.29, 1.82) is 0 Å². The molecule has 0 unspecified atom stereocenters. The quantitative estimate of drug-likeness (QED) is 0.358. The van der Waals surface area contributed by atoms with Crippen LogP contribution in [0.4, 0.5) is 11.4 Å². The van der Waals surface area contributed by atoms with Crippen LogP contribution in [0.2, 0.25) is 0 Å². The van der Waals surface area contributed by atoms with Crippen LogP contribution in [-0.4, -0.2) is 22.9 Å². The fraction of sp³-hybridized carbons (Fsp3) is 0.565. The molecule has 1 amide bonds. The van der Waals surface area contributed by atoms with Crippen molar-refractivity contribution in [3.63, 3.8) is 0 Å². The number of carbonyl (C=O) groups excluding carboxylic acids is 2. The van der Waals surface area contributed by atoms with Gasteiger partial charge in [0.15, 0.2) is 5.78 Å². The molecule has 0 bridgehead atoms. The summed E-state index contributed by atoms with van der Waals surface area (Å²) < 4.78 is 0. The van der Waals surface area contributed by atoms with Crippen molar-refractivity contribution >= 4 is 23.1 Å². The third-order valence-corrected chi connectivity index (χ3v) is 5.48. The van der Waals surface area contributed by atoms with E-state index in [4.69, 9.17) is 5.84 Å². The van der Waals surface area contributed by atoms with Crippen LogP contribution >= 0.6 is 0 Å². The van der Waals surface area contributed by atoms with Gasteiger partial charge in [-0.25, -0.2) is 5.84 Å². The van der Waals surface area contributed by atoms with Crippen LogP contribution in [-0.2, 0) is 9.59 Å². The summed E-state index contributed by atoms with van der Waals surface area (Å²) in [6.07, 6.45) is 11.1. The van der Waals surface area contributed by atoms with Crippen LogP contribution in [0, 0.1) is 5.92 Å². The Kier molecular flexibility index (Phi) is 9.88. The standard InChI is InChI=1S/C23H35N3O3/c1-2-3-17-26(24)20-14-12-19(13-15-20)25-23(29)10-6-9-21(27)22(28)16-11-18-7-4-5-8-18/h3,12-15,17-18,21,27H,2,4-11,16,24H2,1H3,(H,25,29)/b17-3-/t21-/m1/s1. The number of allylic oxidation sites excluding steroid dienone is 1. The molecule has 0 aliphatic heterocycles. The maximum absolute atomic E-state index is 12.1. The largest absolute Gasteiger partial charge is 0.385 e. The minimum absolute atomic E-state index is 0.0867. The molecule has 1 atom stereocenters. The highest BCUT2D eigenvalue weighted by Crippen LogP contribution is 2.28. The lowest BCUT2D eigenvalue weighted by Crippen LogP contribution is -2.23. The van der Waals surface area contributed by atoms with Gasteiger partial charge >= 0.3 is 0 Å². The number of Topliss-reactive ketones (excluding diaryl/α,β-unsaturated/α-hetero) is 1. The van der Waals surface area contributed by atoms with Crippen molar-refractivity contribution in [2.24, 2.45) is 11.8 Å². The van der Waals surface area contributed by atoms with E-state index in [0.717, 1.165) is 18.5 Å². The zero-order valence-electron chi connectivity index (χ0n) is 17.5. The summed E-state index contributed by atoms with van der Waals surface area (Å²) >= 11 is 0. The van der Waals surface area contributed by atoms with Crippen molar-refractivity contribution in [1.82, 2.24) is 0 Å². The fourth-order valence-corrected chi connectivity index (χ4v) is 3.67. The van der Waals surface area contributed by atoms with Gasteiger partial charge in [-0.1, -0.05) is 38.7 Å². The van der Waals surface area contributed by atoms with Crippen molar-refractivity contribution in [2.75, 3.05) is 10.3 Å². The molecule has 1 aromatic rings. The highest BCUT2D eigenvalue weighted by atomic mass is 16.3. The van der Waals surface area contributed by atoms with Gasteiger partial charge in [-0.15, -0.1) is 0 Å². The van der Waals surface area contributed by atoms with E-state index in [1.54, 1.807) is 18.3 Å². The lowest BCUT2D eigenvalue weighted by atomic mass is 9.97. The van der Waals surface area contributed by atoms with E-state index in [0.29, 0.717) is 30.9 Å². The number of nitrogens with two attached hydrogens (primary N) is 1. The van der Waals surface area contributed by atoms with E-state index in [1.165, 1.54) is 30.7 Å². The van der Waals surface area contributed by atoms with Crippen LogP contribution in [0.1, 0.15) is 71.1 Å². The number of carbonyl (C=O) groups is 2. The summed E-state index contributed by atoms with van der Waals surface area (Å²) in [7, 11) is 0. The molecule has 1 fully saturated rings. The lowest BCUT2D eigenvalue weighted by molar-refractivity contribution is -0.128. The van der Waals surface area contributed by atoms with Crippen LogP contribution < -0.4 is 16.2 Å². The molecule has 160 valence electrons. The summed E-state index contributed by atoms with van der Waals surface area (Å²) in [6, 6.07) is 7.27. The minimum atomic E-state index is -0.949. The van der Waals surface area contributed by atoms with Crippen LogP contribution in [0.3, 0.4) is 0 Å². The lowest BCUT2D eigenvalue weighted by Gasteiger charge is -2.14. The van der Waals surface area contributed by atoms with Gasteiger partial charge in [-0.2, -0.15) is 0 Å². The second kappa shape index (κ2) is 12.4. The number of hydrogen-bond acceptors (Lipinski definition) is 5. The molecule has 4 N–H and O–H groups in total. The van der Waals surface area contributed by atoms with E-state index < -0.39 is 6.10 Å². The topological polar surface area (TPSA) is 95.7 Å². The predicted octanol–water partition coefficient (Wildman–Crippen LogP) is 4.30. The van der Waals surface area contributed by atoms with E-state index in [9.17, 15) is 14.7 Å². The average Bonchev–Trinajstić information content (AvgIpc) is 3.24. The van der Waals surface area contributed by atoms with Crippen LogP contribution in [0.25, 0.3) is 0 Å². The van der Waals surface area contributed by atoms with Gasteiger partial charge in [0.05, 0.1) is 5.69 Å². The number of rotatable bonds is 12. The summed E-state index contributed by atoms with van der Waals surface area (Å²) in [5.41, 5.74) is 1.52. The SMILES string of the molecule is CC/C=C\N(N)c1ccc(NC(=O)CCC[C@@H](O)C(=O)CCC2CCCC2)cc1. The number of anilines is 2. The first-order valence-corrected chi connectivity index (χ1v) is 10.8. The number of aliphatic hydroxyl groups is 1. The van der Waals surface area contributed by atoms with Crippen LogP contribution in [0.15, 0.2) is 36.5 Å². The van der Waals surface area contributed by atoms with E-state index in [1.807, 2.05) is 25.1 Å². The van der Waals surface area contributed by atoms with Gasteiger partial charge in [-0.3, -0.25) is 14.6 Å². The normalized spacial score (nSPS) is 15.6. The number of aliphatic hydroxyl groups excluding tert-OH is 1. The Labute approximate surface area is 174 Å². The van der Waals surface area contributed by atoms with Gasteiger partial charge in [0.2, 0.25) is 5.91 Å². The molecular weight excluding hydrogens is 366 g/mol. The van der Waals surface area contributed by atoms with E-state index >= 15 is 0 Å². The monoisotopic (exact) mass is 401 g/mol. The molecular formula is C23H35N3O3. The molecule has 0 spiro atoms. The first-order chi connectivity index (χ1) is 14.0. The summed E-state index contributed by atoms with van der Waals surface area (Å²) in [5.74, 6) is 6.35. The van der Waals surface area contributed by atoms with Gasteiger partial charge in [0, 0.05) is 24.7 Å². The maximum atomic E-state index is 12.1. The Morgan fingerprint density at radius 2 is 1.93 bits per heavy atom. The number of amides is 1. The highest BCUT2D eigenvalue weighted by molar-refractivity contribution is 5.91. The number of benzene rings is 1. The molecule has 0 radical (unpaired) electrons. The van der Waals surface area contributed by atoms with Crippen molar-refractivity contribution in [2.45, 2.75) is 77.2 Å². The Hall–Kier alpha value is -2.18. The van der Waals surface area contributed by atoms with Crippen molar-refractivity contribution < 1.29 is 14.7 Å². The second-order valence-corrected chi connectivity index (χ2v) is 7.86. The first kappa shape index (κ1) is 23.1. The van der Waals surface area contributed by atoms with Crippen LogP contribution in [0.5, 0.6) is 0 Å².